The van der Waals surface area contributed by atoms with Crippen LogP contribution in [0.1, 0.15) is 62.2 Å². The normalized spacial score (nSPS) is 35.8. The van der Waals surface area contributed by atoms with E-state index in [2.05, 4.69) is 17.2 Å². The molecule has 0 bridgehead atoms. The first-order chi connectivity index (χ1) is 11.6. The smallest absolute Gasteiger partial charge is 1.00 e. The van der Waals surface area contributed by atoms with Gasteiger partial charge in [0.15, 0.2) is 5.79 Å². The summed E-state index contributed by atoms with van der Waals surface area (Å²) >= 11 is 0. The molecule has 0 spiro atoms. The maximum Gasteiger partial charge on any atom is 1.00 e. The van der Waals surface area contributed by atoms with Gasteiger partial charge in [0.1, 0.15) is 0 Å². The van der Waals surface area contributed by atoms with Crippen molar-refractivity contribution in [3.05, 3.63) is 34.4 Å². The van der Waals surface area contributed by atoms with Gasteiger partial charge >= 0.3 is 40.0 Å². The quantitative estimate of drug-likeness (QED) is 0.339. The Kier molecular flexibility index (Phi) is 5.43. The molecule has 26 heavy (non-hydrogen) atoms. The molecule has 4 rings (SSSR count). The van der Waals surface area contributed by atoms with E-state index in [1.54, 1.807) is 0 Å². The monoisotopic (exact) mass is 392 g/mol. The average molecular weight is 392 g/mol. The molecule has 0 amide bonds. The summed E-state index contributed by atoms with van der Waals surface area (Å²) in [5, 5.41) is 20.8. The van der Waals surface area contributed by atoms with E-state index in [0.29, 0.717) is 12.3 Å². The zero-order valence-electron chi connectivity index (χ0n) is 16.2. The molecule has 140 valence electrons. The second-order valence-electron chi connectivity index (χ2n) is 8.06. The summed E-state index contributed by atoms with van der Waals surface area (Å²) < 4.78 is 35.4. The molecule has 3 aliphatic carbocycles. The number of aliphatic hydroxyl groups is 2. The van der Waals surface area contributed by atoms with Gasteiger partial charge in [0.05, 0.1) is 6.10 Å². The van der Waals surface area contributed by atoms with E-state index in [1.165, 1.54) is 16.7 Å². The molecule has 0 aromatic heterocycles. The van der Waals surface area contributed by atoms with E-state index in [1.807, 2.05) is 6.07 Å². The van der Waals surface area contributed by atoms with Crippen molar-refractivity contribution in [3.8, 4) is 0 Å². The summed E-state index contributed by atoms with van der Waals surface area (Å²) in [6, 6.07) is 4.00. The van der Waals surface area contributed by atoms with Crippen LogP contribution in [0.4, 0.5) is 0 Å². The first-order valence-electron chi connectivity index (χ1n) is 8.83. The van der Waals surface area contributed by atoms with E-state index in [0.717, 1.165) is 31.2 Å². The Morgan fingerprint density at radius 3 is 2.58 bits per heavy atom. The number of hydrogen-bond donors (Lipinski definition) is 3. The van der Waals surface area contributed by atoms with Crippen molar-refractivity contribution in [2.24, 2.45) is 5.41 Å². The zero-order chi connectivity index (χ0) is 18.0. The van der Waals surface area contributed by atoms with Crippen LogP contribution in [0.15, 0.2) is 12.1 Å². The number of aliphatic hydroxyl groups excluding tert-OH is 1. The van der Waals surface area contributed by atoms with Gasteiger partial charge in [-0.1, -0.05) is 19.1 Å². The van der Waals surface area contributed by atoms with Gasteiger partial charge in [-0.15, -0.1) is 0 Å². The van der Waals surface area contributed by atoms with Gasteiger partial charge in [-0.2, -0.15) is 8.42 Å². The van der Waals surface area contributed by atoms with Crippen LogP contribution >= 0.6 is 0 Å². The van der Waals surface area contributed by atoms with Gasteiger partial charge in [0.25, 0.3) is 0 Å². The van der Waals surface area contributed by atoms with Crippen LogP contribution in [-0.4, -0.2) is 35.1 Å². The van der Waals surface area contributed by atoms with Crippen LogP contribution in [0, 0.1) is 5.41 Å². The van der Waals surface area contributed by atoms with Crippen molar-refractivity contribution in [2.75, 3.05) is 0 Å². The molecule has 4 atom stereocenters. The summed E-state index contributed by atoms with van der Waals surface area (Å²) in [5.74, 6) is -1.53. The van der Waals surface area contributed by atoms with Crippen molar-refractivity contribution in [1.29, 1.82) is 0 Å². The molecule has 0 saturated heterocycles. The van der Waals surface area contributed by atoms with Crippen LogP contribution < -0.4 is 29.6 Å². The first-order valence-corrected chi connectivity index (χ1v) is 10.2. The molecule has 6 nitrogen and oxygen atoms in total. The van der Waals surface area contributed by atoms with Crippen molar-refractivity contribution < 1.29 is 58.4 Å². The first kappa shape index (κ1) is 20.7. The van der Waals surface area contributed by atoms with Crippen molar-refractivity contribution in [3.63, 3.8) is 0 Å². The number of fused-ring (bicyclic) bond motifs is 5. The van der Waals surface area contributed by atoms with Gasteiger partial charge in [-0.05, 0) is 60.3 Å². The third-order valence-corrected chi connectivity index (χ3v) is 7.15. The van der Waals surface area contributed by atoms with E-state index in [9.17, 15) is 18.6 Å². The molecule has 8 heteroatoms. The fourth-order valence-corrected chi connectivity index (χ4v) is 5.83. The molecule has 0 heterocycles. The molecule has 3 N–H and O–H groups in total. The zero-order valence-corrected chi connectivity index (χ0v) is 18.1. The summed E-state index contributed by atoms with van der Waals surface area (Å²) in [4.78, 5) is 0. The summed E-state index contributed by atoms with van der Waals surface area (Å²) in [6.45, 7) is 2.18. The average Bonchev–Trinajstić information content (AvgIpc) is 2.80. The predicted octanol–water partition coefficient (Wildman–Crippen LogP) is -1.01. The molecular weight excluding hydrogens is 367 g/mol. The molecule has 0 aliphatic heterocycles. The van der Waals surface area contributed by atoms with Gasteiger partial charge in [0, 0.05) is 18.3 Å². The van der Waals surface area contributed by atoms with Crippen LogP contribution in [0.5, 0.6) is 0 Å². The minimum Gasteiger partial charge on any atom is -1.00 e. The number of rotatable bonds is 2. The predicted molar refractivity (Wildman–Crippen MR) is 91.6 cm³/mol. The maximum absolute atomic E-state index is 11.0. The molecule has 3 aliphatic rings. The van der Waals surface area contributed by atoms with Gasteiger partial charge < -0.3 is 11.6 Å². The Hall–Kier alpha value is 0.01000. The van der Waals surface area contributed by atoms with Crippen LogP contribution in [0.2, 0.25) is 0 Å². The molecule has 1 fully saturated rings. The fraction of sp³-hybridized carbons (Fsp3) is 0.667. The molecule has 1 saturated carbocycles. The van der Waals surface area contributed by atoms with E-state index in [4.69, 9.17) is 4.55 Å². The van der Waals surface area contributed by atoms with Crippen molar-refractivity contribution >= 4 is 10.4 Å². The number of hydrogen-bond acceptors (Lipinski definition) is 5. The molecule has 0 radical (unpaired) electrons. The van der Waals surface area contributed by atoms with Gasteiger partial charge in [0.2, 0.25) is 0 Å². The summed E-state index contributed by atoms with van der Waals surface area (Å²) in [5.41, 5.74) is 4.57. The molecule has 1 aromatic rings. The molecule has 1 unspecified atom stereocenters. The Morgan fingerprint density at radius 1 is 1.19 bits per heavy atom. The minimum atomic E-state index is -4.71. The molecule has 1 aromatic carbocycles. The Bertz CT molecular complexity index is 831. The maximum atomic E-state index is 11.0. The van der Waals surface area contributed by atoms with Crippen molar-refractivity contribution in [2.45, 2.75) is 69.7 Å². The Balaban J connectivity index is 0.00000131. The fourth-order valence-electron chi connectivity index (χ4n) is 5.29. The SMILES string of the molecule is C[C@]12CCc3c(ccc4c3CC[C@@](O)(OS(=O)(=O)O)C4)C1CC[C@H]2O.[H-].[Na+]. The van der Waals surface area contributed by atoms with Crippen LogP contribution in [0.3, 0.4) is 0 Å². The number of benzene rings is 1. The van der Waals surface area contributed by atoms with Gasteiger partial charge in [-0.25, -0.2) is 4.18 Å². The topological polar surface area (TPSA) is 104 Å². The van der Waals surface area contributed by atoms with Crippen LogP contribution in [-0.2, 0) is 33.8 Å². The Morgan fingerprint density at radius 2 is 1.88 bits per heavy atom. The van der Waals surface area contributed by atoms with E-state index >= 15 is 0 Å². The Labute approximate surface area is 177 Å². The molecular formula is C18H25NaO6S. The van der Waals surface area contributed by atoms with E-state index < -0.39 is 16.2 Å². The van der Waals surface area contributed by atoms with Crippen molar-refractivity contribution in [1.82, 2.24) is 0 Å². The summed E-state index contributed by atoms with van der Waals surface area (Å²) in [7, 11) is -4.71. The standard InChI is InChI=1S/C18H24O6S.Na.H/c1-17-8-6-13-12-7-9-18(20,24-25(21,22)23)10-11(12)2-3-14(13)15(17)4-5-16(17)19;;/h2-3,15-16,19-20H,4-10H2,1H3,(H,21,22,23);;/q;+1;-1/t15?,16-,17+,18-;;/m1../s1. The second-order valence-corrected chi connectivity index (χ2v) is 9.08. The summed E-state index contributed by atoms with van der Waals surface area (Å²) in [6.07, 6.45) is 4.07. The second kappa shape index (κ2) is 6.81. The third kappa shape index (κ3) is 3.42. The van der Waals surface area contributed by atoms with Crippen LogP contribution in [0.25, 0.3) is 0 Å². The third-order valence-electron chi connectivity index (χ3n) is 6.63. The van der Waals surface area contributed by atoms with Gasteiger partial charge in [-0.3, -0.25) is 4.55 Å². The minimum absolute atomic E-state index is 0. The van der Waals surface area contributed by atoms with E-state index in [-0.39, 0.29) is 55.3 Å². The largest absolute Gasteiger partial charge is 1.00 e.